The third kappa shape index (κ3) is 4.89. The fourth-order valence-electron chi connectivity index (χ4n) is 2.92. The summed E-state index contributed by atoms with van der Waals surface area (Å²) in [6.45, 7) is 0.784. The lowest BCUT2D eigenvalue weighted by Gasteiger charge is -2.14. The van der Waals surface area contributed by atoms with E-state index in [-0.39, 0.29) is 34.3 Å². The molecular formula is C21H23N7O4. The lowest BCUT2D eigenvalue weighted by Crippen LogP contribution is -2.23. The summed E-state index contributed by atoms with van der Waals surface area (Å²) < 4.78 is 32.4. The lowest BCUT2D eigenvalue weighted by atomic mass is 10.2. The van der Waals surface area contributed by atoms with Gasteiger partial charge in [0.15, 0.2) is 17.2 Å². The van der Waals surface area contributed by atoms with E-state index in [0.717, 1.165) is 11.9 Å². The molecule has 2 amide bonds. The molecule has 0 unspecified atom stereocenters. The number of carbonyl (C=O) groups is 2. The lowest BCUT2D eigenvalue weighted by molar-refractivity contribution is 0.0963. The number of hydrogen-bond acceptors (Lipinski definition) is 9. The number of carbonyl (C=O) groups excluding carboxylic acids is 2. The van der Waals surface area contributed by atoms with Crippen LogP contribution in [0, 0.1) is 13.8 Å². The van der Waals surface area contributed by atoms with Gasteiger partial charge in [-0.25, -0.2) is 19.9 Å². The van der Waals surface area contributed by atoms with Crippen molar-refractivity contribution in [1.29, 1.82) is 0 Å². The highest BCUT2D eigenvalue weighted by molar-refractivity contribution is 6.09. The van der Waals surface area contributed by atoms with Crippen LogP contribution in [0.1, 0.15) is 36.5 Å². The predicted octanol–water partition coefficient (Wildman–Crippen LogP) is 2.26. The van der Waals surface area contributed by atoms with Crippen LogP contribution >= 0.6 is 0 Å². The van der Waals surface area contributed by atoms with E-state index in [9.17, 15) is 9.59 Å². The highest BCUT2D eigenvalue weighted by Crippen LogP contribution is 2.30. The van der Waals surface area contributed by atoms with Gasteiger partial charge in [0.25, 0.3) is 11.8 Å². The number of aryl methyl sites for hydroxylation is 2. The number of pyridine rings is 2. The Labute approximate surface area is 188 Å². The molecule has 3 rings (SSSR count). The Hall–Kier alpha value is -4.28. The summed E-state index contributed by atoms with van der Waals surface area (Å²) in [6, 6.07) is 4.57. The molecule has 0 spiro atoms. The second kappa shape index (κ2) is 9.69. The van der Waals surface area contributed by atoms with Crippen LogP contribution in [-0.2, 0) is 0 Å². The SMILES string of the molecule is [2H]C([2H])([2H])NC(=O)c1cnc(Nc2cc(C)nc(C)n2)cc1NC(=O)c1nccc(OC)c1OC. The number of hydrogen-bond donors (Lipinski definition) is 3. The average Bonchev–Trinajstić information content (AvgIpc) is 2.76. The molecule has 0 aliphatic rings. The molecule has 0 bridgehead atoms. The first kappa shape index (κ1) is 18.5. The minimum Gasteiger partial charge on any atom is -0.493 e. The summed E-state index contributed by atoms with van der Waals surface area (Å²) in [4.78, 5) is 42.4. The number of aromatic nitrogens is 4. The normalized spacial score (nSPS) is 12.1. The van der Waals surface area contributed by atoms with Crippen molar-refractivity contribution in [1.82, 2.24) is 25.3 Å². The standard InChI is InChI=1S/C21H23N7O4/c1-11-8-17(26-12(2)25-11)28-16-9-14(13(10-24-16)20(29)22-3)27-21(30)18-19(32-5)15(31-4)6-7-23-18/h6-10H,1-5H3,(H,22,29)(H2,24,25,26,27,28,30)/i3D3. The van der Waals surface area contributed by atoms with Crippen molar-refractivity contribution in [3.8, 4) is 11.5 Å². The van der Waals surface area contributed by atoms with E-state index < -0.39 is 18.8 Å². The van der Waals surface area contributed by atoms with Crippen molar-refractivity contribution in [2.75, 3.05) is 31.8 Å². The third-order valence-electron chi connectivity index (χ3n) is 4.24. The molecule has 0 aliphatic heterocycles. The van der Waals surface area contributed by atoms with Gasteiger partial charge in [-0.1, -0.05) is 0 Å². The van der Waals surface area contributed by atoms with E-state index in [1.807, 2.05) is 5.32 Å². The van der Waals surface area contributed by atoms with Gasteiger partial charge < -0.3 is 25.4 Å². The van der Waals surface area contributed by atoms with Crippen molar-refractivity contribution >= 4 is 29.1 Å². The van der Waals surface area contributed by atoms with Gasteiger partial charge in [0.2, 0.25) is 0 Å². The first-order valence-corrected chi connectivity index (χ1v) is 9.31. The predicted molar refractivity (Wildman–Crippen MR) is 118 cm³/mol. The molecule has 0 fully saturated rings. The maximum Gasteiger partial charge on any atom is 0.278 e. The molecule has 0 radical (unpaired) electrons. The molecule has 0 saturated heterocycles. The zero-order chi connectivity index (χ0) is 25.8. The Morgan fingerprint density at radius 1 is 1.03 bits per heavy atom. The van der Waals surface area contributed by atoms with Crippen molar-refractivity contribution in [3.05, 3.63) is 53.4 Å². The van der Waals surface area contributed by atoms with Gasteiger partial charge in [-0.3, -0.25) is 9.59 Å². The molecule has 11 heteroatoms. The Bertz CT molecular complexity index is 1250. The minimum absolute atomic E-state index is 0.0246. The summed E-state index contributed by atoms with van der Waals surface area (Å²) in [5.41, 5.74) is 0.404. The Kier molecular flexibility index (Phi) is 5.60. The quantitative estimate of drug-likeness (QED) is 0.504. The summed E-state index contributed by atoms with van der Waals surface area (Å²) in [7, 11) is 2.76. The van der Waals surface area contributed by atoms with Crippen LogP contribution in [0.15, 0.2) is 30.6 Å². The molecule has 166 valence electrons. The molecule has 3 N–H and O–H groups in total. The van der Waals surface area contributed by atoms with Gasteiger partial charge in [0.1, 0.15) is 17.5 Å². The van der Waals surface area contributed by atoms with E-state index >= 15 is 0 Å². The van der Waals surface area contributed by atoms with Crippen molar-refractivity contribution < 1.29 is 23.2 Å². The van der Waals surface area contributed by atoms with Gasteiger partial charge in [-0.15, -0.1) is 0 Å². The molecule has 32 heavy (non-hydrogen) atoms. The number of nitrogens with zero attached hydrogens (tertiary/aromatic N) is 4. The molecule has 0 aliphatic carbocycles. The number of rotatable bonds is 7. The molecule has 0 atom stereocenters. The van der Waals surface area contributed by atoms with Crippen molar-refractivity contribution in [3.63, 3.8) is 0 Å². The number of ether oxygens (including phenoxy) is 2. The van der Waals surface area contributed by atoms with E-state index in [1.165, 1.54) is 32.5 Å². The summed E-state index contributed by atoms with van der Waals surface area (Å²) in [5, 5.41) is 7.43. The largest absolute Gasteiger partial charge is 0.493 e. The number of anilines is 3. The molecule has 11 nitrogen and oxygen atoms in total. The zero-order valence-electron chi connectivity index (χ0n) is 20.8. The fourth-order valence-corrected chi connectivity index (χ4v) is 2.92. The Morgan fingerprint density at radius 3 is 2.53 bits per heavy atom. The van der Waals surface area contributed by atoms with Crippen LogP contribution in [0.2, 0.25) is 0 Å². The molecule has 0 aromatic carbocycles. The first-order valence-electron chi connectivity index (χ1n) is 10.8. The maximum atomic E-state index is 13.1. The van der Waals surface area contributed by atoms with E-state index in [0.29, 0.717) is 11.6 Å². The topological polar surface area (TPSA) is 140 Å². The molecule has 3 aromatic heterocycles. The molecule has 3 aromatic rings. The number of methoxy groups -OCH3 is 2. The van der Waals surface area contributed by atoms with Gasteiger partial charge >= 0.3 is 0 Å². The molecule has 3 heterocycles. The van der Waals surface area contributed by atoms with Crippen molar-refractivity contribution in [2.45, 2.75) is 13.8 Å². The number of nitrogens with one attached hydrogen (secondary N) is 3. The van der Waals surface area contributed by atoms with Crippen LogP contribution < -0.4 is 25.4 Å². The van der Waals surface area contributed by atoms with E-state index in [2.05, 4.69) is 30.6 Å². The van der Waals surface area contributed by atoms with Gasteiger partial charge in [-0.2, -0.15) is 0 Å². The van der Waals surface area contributed by atoms with Crippen LogP contribution in [0.25, 0.3) is 0 Å². The first-order chi connectivity index (χ1) is 16.5. The third-order valence-corrected chi connectivity index (χ3v) is 4.24. The second-order valence-electron chi connectivity index (χ2n) is 6.49. The van der Waals surface area contributed by atoms with Crippen LogP contribution in [0.3, 0.4) is 0 Å². The zero-order valence-corrected chi connectivity index (χ0v) is 17.8. The number of amides is 2. The Balaban J connectivity index is 2.01. The van der Waals surface area contributed by atoms with Gasteiger partial charge in [0.05, 0.1) is 25.5 Å². The van der Waals surface area contributed by atoms with E-state index in [1.54, 1.807) is 19.9 Å². The second-order valence-corrected chi connectivity index (χ2v) is 6.49. The van der Waals surface area contributed by atoms with Crippen LogP contribution in [0.4, 0.5) is 17.3 Å². The highest BCUT2D eigenvalue weighted by atomic mass is 16.5. The van der Waals surface area contributed by atoms with Gasteiger partial charge in [0, 0.05) is 47.4 Å². The maximum absolute atomic E-state index is 13.1. The van der Waals surface area contributed by atoms with Crippen LogP contribution in [0.5, 0.6) is 11.5 Å². The van der Waals surface area contributed by atoms with E-state index in [4.69, 9.17) is 13.6 Å². The highest BCUT2D eigenvalue weighted by Gasteiger charge is 2.21. The fraction of sp³-hybridized carbons (Fsp3) is 0.238. The summed E-state index contributed by atoms with van der Waals surface area (Å²) >= 11 is 0. The Morgan fingerprint density at radius 2 is 1.84 bits per heavy atom. The smallest absolute Gasteiger partial charge is 0.278 e. The molecule has 0 saturated carbocycles. The monoisotopic (exact) mass is 440 g/mol. The summed E-state index contributed by atoms with van der Waals surface area (Å²) in [5.74, 6) is -0.122. The van der Waals surface area contributed by atoms with Crippen molar-refractivity contribution in [2.24, 2.45) is 0 Å². The summed E-state index contributed by atoms with van der Waals surface area (Å²) in [6.07, 6.45) is 2.49. The molecular weight excluding hydrogens is 414 g/mol. The van der Waals surface area contributed by atoms with Gasteiger partial charge in [-0.05, 0) is 13.8 Å². The average molecular weight is 440 g/mol. The minimum atomic E-state index is -2.75. The van der Waals surface area contributed by atoms with Crippen LogP contribution in [-0.4, -0.2) is 52.9 Å².